The van der Waals surface area contributed by atoms with Crippen LogP contribution in [0.25, 0.3) is 21.5 Å². The zero-order valence-electron chi connectivity index (χ0n) is 10.1. The van der Waals surface area contributed by atoms with E-state index >= 15 is 0 Å². The third-order valence-electron chi connectivity index (χ3n) is 3.35. The van der Waals surface area contributed by atoms with Crippen molar-refractivity contribution in [3.63, 3.8) is 0 Å². The lowest BCUT2D eigenvalue weighted by Crippen LogP contribution is -2.30. The van der Waals surface area contributed by atoms with Crippen molar-refractivity contribution in [3.8, 4) is 0 Å². The van der Waals surface area contributed by atoms with Crippen LogP contribution in [0.2, 0.25) is 0 Å². The number of hydrogen-bond acceptors (Lipinski definition) is 2. The Labute approximate surface area is 106 Å². The maximum Gasteiger partial charge on any atom is 0.489 e. The third kappa shape index (κ3) is 1.69. The van der Waals surface area contributed by atoms with Gasteiger partial charge in [-0.05, 0) is 33.9 Å². The van der Waals surface area contributed by atoms with Crippen LogP contribution in [0.5, 0.6) is 0 Å². The van der Waals surface area contributed by atoms with Crippen LogP contribution in [0, 0.1) is 6.92 Å². The molecule has 0 aliphatic carbocycles. The highest BCUT2D eigenvalue weighted by molar-refractivity contribution is 6.62. The molecule has 0 spiro atoms. The van der Waals surface area contributed by atoms with Crippen molar-refractivity contribution in [3.05, 3.63) is 54.1 Å². The van der Waals surface area contributed by atoms with Gasteiger partial charge in [-0.2, -0.15) is 0 Å². The standard InChI is InChI=1S/C15H13BO2/c1-10-5-6-11-7-8-13-12(14(11)9-10)3-2-4-15(13)16(17)18/h2-9,17-18H,1H3. The number of rotatable bonds is 1. The van der Waals surface area contributed by atoms with E-state index in [4.69, 9.17) is 0 Å². The number of aryl methyl sites for hydroxylation is 1. The molecular formula is C15H13BO2. The average molecular weight is 236 g/mol. The zero-order chi connectivity index (χ0) is 12.7. The van der Waals surface area contributed by atoms with Gasteiger partial charge in [0.25, 0.3) is 0 Å². The first-order valence-electron chi connectivity index (χ1n) is 5.95. The molecule has 3 aromatic carbocycles. The highest BCUT2D eigenvalue weighted by Gasteiger charge is 2.14. The lowest BCUT2D eigenvalue weighted by Gasteiger charge is -2.09. The van der Waals surface area contributed by atoms with Gasteiger partial charge in [-0.1, -0.05) is 54.1 Å². The van der Waals surface area contributed by atoms with Gasteiger partial charge < -0.3 is 10.0 Å². The second-order valence-electron chi connectivity index (χ2n) is 4.61. The van der Waals surface area contributed by atoms with E-state index < -0.39 is 7.12 Å². The van der Waals surface area contributed by atoms with E-state index in [2.05, 4.69) is 25.1 Å². The van der Waals surface area contributed by atoms with E-state index in [1.165, 1.54) is 5.56 Å². The van der Waals surface area contributed by atoms with E-state index in [-0.39, 0.29) is 0 Å². The van der Waals surface area contributed by atoms with Crippen molar-refractivity contribution in [2.24, 2.45) is 0 Å². The fraction of sp³-hybridized carbons (Fsp3) is 0.0667. The Bertz CT molecular complexity index is 735. The quantitative estimate of drug-likeness (QED) is 0.501. The minimum Gasteiger partial charge on any atom is -0.423 e. The monoisotopic (exact) mass is 236 g/mol. The number of hydrogen-bond donors (Lipinski definition) is 2. The van der Waals surface area contributed by atoms with Gasteiger partial charge in [-0.25, -0.2) is 0 Å². The normalized spacial score (nSPS) is 11.1. The van der Waals surface area contributed by atoms with Crippen molar-refractivity contribution in [2.45, 2.75) is 6.92 Å². The summed E-state index contributed by atoms with van der Waals surface area (Å²) in [6.07, 6.45) is 0. The smallest absolute Gasteiger partial charge is 0.423 e. The SMILES string of the molecule is Cc1ccc2ccc3c(B(O)O)cccc3c2c1. The lowest BCUT2D eigenvalue weighted by molar-refractivity contribution is 0.426. The Balaban J connectivity index is 2.48. The molecule has 0 heterocycles. The highest BCUT2D eigenvalue weighted by Crippen LogP contribution is 2.25. The van der Waals surface area contributed by atoms with E-state index in [0.717, 1.165) is 21.5 Å². The molecule has 0 aromatic heterocycles. The lowest BCUT2D eigenvalue weighted by atomic mass is 9.76. The van der Waals surface area contributed by atoms with Gasteiger partial charge in [0.2, 0.25) is 0 Å². The first-order chi connectivity index (χ1) is 8.66. The first kappa shape index (κ1) is 11.3. The Kier molecular flexibility index (Phi) is 2.58. The molecule has 0 unspecified atom stereocenters. The fourth-order valence-corrected chi connectivity index (χ4v) is 2.45. The van der Waals surface area contributed by atoms with Gasteiger partial charge >= 0.3 is 7.12 Å². The maximum absolute atomic E-state index is 9.40. The summed E-state index contributed by atoms with van der Waals surface area (Å²) < 4.78 is 0. The maximum atomic E-state index is 9.40. The van der Waals surface area contributed by atoms with Gasteiger partial charge in [0.1, 0.15) is 0 Å². The van der Waals surface area contributed by atoms with Crippen molar-refractivity contribution in [1.29, 1.82) is 0 Å². The molecule has 0 aliphatic rings. The van der Waals surface area contributed by atoms with Crippen LogP contribution in [0.3, 0.4) is 0 Å². The molecule has 0 saturated heterocycles. The molecule has 3 aromatic rings. The molecule has 0 aliphatic heterocycles. The minimum absolute atomic E-state index is 0.552. The molecule has 18 heavy (non-hydrogen) atoms. The summed E-state index contributed by atoms with van der Waals surface area (Å²) in [6.45, 7) is 2.06. The van der Waals surface area contributed by atoms with Crippen LogP contribution in [-0.2, 0) is 0 Å². The van der Waals surface area contributed by atoms with E-state index in [1.54, 1.807) is 6.07 Å². The second kappa shape index (κ2) is 4.12. The molecule has 0 fully saturated rings. The van der Waals surface area contributed by atoms with E-state index in [0.29, 0.717) is 5.46 Å². The summed E-state index contributed by atoms with van der Waals surface area (Å²) in [5.74, 6) is 0. The largest absolute Gasteiger partial charge is 0.489 e. The zero-order valence-corrected chi connectivity index (χ0v) is 10.1. The first-order valence-corrected chi connectivity index (χ1v) is 5.95. The van der Waals surface area contributed by atoms with Crippen LogP contribution in [0.4, 0.5) is 0 Å². The molecule has 0 bridgehead atoms. The number of benzene rings is 3. The molecule has 0 saturated carbocycles. The Hall–Kier alpha value is -1.84. The molecule has 0 atom stereocenters. The van der Waals surface area contributed by atoms with Crippen molar-refractivity contribution >= 4 is 34.1 Å². The topological polar surface area (TPSA) is 40.5 Å². The molecule has 2 nitrogen and oxygen atoms in total. The van der Waals surface area contributed by atoms with Crippen molar-refractivity contribution < 1.29 is 10.0 Å². The summed E-state index contributed by atoms with van der Waals surface area (Å²) in [5.41, 5.74) is 1.75. The van der Waals surface area contributed by atoms with Gasteiger partial charge in [0, 0.05) is 0 Å². The van der Waals surface area contributed by atoms with Gasteiger partial charge in [-0.15, -0.1) is 0 Å². The molecular weight excluding hydrogens is 223 g/mol. The average Bonchev–Trinajstić information content (AvgIpc) is 2.37. The summed E-state index contributed by atoms with van der Waals surface area (Å²) in [7, 11) is -1.43. The molecule has 3 heteroatoms. The molecule has 2 N–H and O–H groups in total. The van der Waals surface area contributed by atoms with Crippen molar-refractivity contribution in [2.75, 3.05) is 0 Å². The van der Waals surface area contributed by atoms with Crippen LogP contribution in [0.1, 0.15) is 5.56 Å². The van der Waals surface area contributed by atoms with Crippen LogP contribution in [-0.4, -0.2) is 17.2 Å². The van der Waals surface area contributed by atoms with Gasteiger partial charge in [-0.3, -0.25) is 0 Å². The second-order valence-corrected chi connectivity index (χ2v) is 4.61. The Morgan fingerprint density at radius 2 is 1.61 bits per heavy atom. The Morgan fingerprint density at radius 1 is 0.833 bits per heavy atom. The minimum atomic E-state index is -1.43. The summed E-state index contributed by atoms with van der Waals surface area (Å²) >= 11 is 0. The van der Waals surface area contributed by atoms with Gasteiger partial charge in [0.05, 0.1) is 0 Å². The summed E-state index contributed by atoms with van der Waals surface area (Å²) in [5, 5.41) is 23.1. The molecule has 0 amide bonds. The predicted octanol–water partition coefficient (Wildman–Crippen LogP) is 1.98. The van der Waals surface area contributed by atoms with E-state index in [1.807, 2.05) is 24.3 Å². The van der Waals surface area contributed by atoms with Crippen LogP contribution >= 0.6 is 0 Å². The summed E-state index contributed by atoms with van der Waals surface area (Å²) in [4.78, 5) is 0. The number of fused-ring (bicyclic) bond motifs is 3. The highest BCUT2D eigenvalue weighted by atomic mass is 16.4. The fourth-order valence-electron chi connectivity index (χ4n) is 2.45. The molecule has 88 valence electrons. The van der Waals surface area contributed by atoms with Gasteiger partial charge in [0.15, 0.2) is 0 Å². The molecule has 3 rings (SSSR count). The predicted molar refractivity (Wildman–Crippen MR) is 76.0 cm³/mol. The van der Waals surface area contributed by atoms with Crippen LogP contribution < -0.4 is 5.46 Å². The third-order valence-corrected chi connectivity index (χ3v) is 3.35. The van der Waals surface area contributed by atoms with E-state index in [9.17, 15) is 10.0 Å². The van der Waals surface area contributed by atoms with Crippen LogP contribution in [0.15, 0.2) is 48.5 Å². The molecule has 0 radical (unpaired) electrons. The van der Waals surface area contributed by atoms with Crippen molar-refractivity contribution in [1.82, 2.24) is 0 Å². The Morgan fingerprint density at radius 3 is 2.39 bits per heavy atom. The summed E-state index contributed by atoms with van der Waals surface area (Å²) in [6, 6.07) is 15.9.